The zero-order chi connectivity index (χ0) is 12.1. The van der Waals surface area contributed by atoms with E-state index in [4.69, 9.17) is 0 Å². The highest BCUT2D eigenvalue weighted by atomic mass is 32.2. The van der Waals surface area contributed by atoms with Crippen LogP contribution in [0.2, 0.25) is 0 Å². The van der Waals surface area contributed by atoms with Crippen molar-refractivity contribution < 1.29 is 4.79 Å². The quantitative estimate of drug-likeness (QED) is 0.782. The van der Waals surface area contributed by atoms with E-state index in [9.17, 15) is 4.79 Å². The fraction of sp³-hybridized carbons (Fsp3) is 0.917. The second-order valence-electron chi connectivity index (χ2n) is 4.73. The van der Waals surface area contributed by atoms with Gasteiger partial charge in [-0.25, -0.2) is 0 Å². The summed E-state index contributed by atoms with van der Waals surface area (Å²) >= 11 is 2.03. The van der Waals surface area contributed by atoms with Crippen molar-refractivity contribution in [3.8, 4) is 0 Å². The summed E-state index contributed by atoms with van der Waals surface area (Å²) in [5.74, 6) is 2.75. The number of nitrogens with zero attached hydrogens (tertiary/aromatic N) is 2. The minimum absolute atomic E-state index is 0.273. The van der Waals surface area contributed by atoms with Crippen molar-refractivity contribution in [2.45, 2.75) is 25.9 Å². The first-order valence-corrected chi connectivity index (χ1v) is 7.79. The van der Waals surface area contributed by atoms with E-state index in [2.05, 4.69) is 17.1 Å². The highest BCUT2D eigenvalue weighted by molar-refractivity contribution is 7.99. The molecule has 0 aliphatic carbocycles. The van der Waals surface area contributed by atoms with Crippen LogP contribution in [0.1, 0.15) is 19.8 Å². The molecule has 1 amide bonds. The van der Waals surface area contributed by atoms with Gasteiger partial charge in [0, 0.05) is 37.7 Å². The number of hydrogen-bond acceptors (Lipinski definition) is 4. The molecule has 0 spiro atoms. The van der Waals surface area contributed by atoms with Crippen LogP contribution in [0.4, 0.5) is 0 Å². The van der Waals surface area contributed by atoms with E-state index in [-0.39, 0.29) is 12.1 Å². The Hall–Kier alpha value is -0.260. The van der Waals surface area contributed by atoms with Crippen molar-refractivity contribution in [3.63, 3.8) is 0 Å². The van der Waals surface area contributed by atoms with Gasteiger partial charge in [-0.05, 0) is 6.42 Å². The predicted octanol–water partition coefficient (Wildman–Crippen LogP) is 0.593. The molecule has 0 aromatic heterocycles. The highest BCUT2D eigenvalue weighted by Gasteiger charge is 2.29. The van der Waals surface area contributed by atoms with E-state index in [1.54, 1.807) is 0 Å². The molecule has 2 saturated heterocycles. The molecule has 1 N–H and O–H groups in total. The van der Waals surface area contributed by atoms with Crippen LogP contribution in [0.3, 0.4) is 0 Å². The van der Waals surface area contributed by atoms with Crippen molar-refractivity contribution in [1.82, 2.24) is 15.1 Å². The van der Waals surface area contributed by atoms with Gasteiger partial charge in [0.2, 0.25) is 5.91 Å². The van der Waals surface area contributed by atoms with Crippen LogP contribution >= 0.6 is 11.8 Å². The van der Waals surface area contributed by atoms with Gasteiger partial charge >= 0.3 is 0 Å². The van der Waals surface area contributed by atoms with Gasteiger partial charge in [-0.3, -0.25) is 15.0 Å². The fourth-order valence-electron chi connectivity index (χ4n) is 2.48. The lowest BCUT2D eigenvalue weighted by Crippen LogP contribution is -2.44. The third kappa shape index (κ3) is 3.60. The molecule has 1 atom stereocenters. The first-order chi connectivity index (χ1) is 8.31. The molecule has 0 aromatic carbocycles. The van der Waals surface area contributed by atoms with Crippen LogP contribution in [0.15, 0.2) is 0 Å². The minimum atomic E-state index is 0.273. The average molecular weight is 257 g/mol. The highest BCUT2D eigenvalue weighted by Crippen LogP contribution is 2.12. The maximum absolute atomic E-state index is 11.8. The molecular weight excluding hydrogens is 234 g/mol. The molecule has 0 aromatic rings. The van der Waals surface area contributed by atoms with Crippen LogP contribution in [-0.4, -0.2) is 66.1 Å². The summed E-state index contributed by atoms with van der Waals surface area (Å²) in [5.41, 5.74) is 0. The summed E-state index contributed by atoms with van der Waals surface area (Å²) in [6, 6.07) is 0. The summed E-state index contributed by atoms with van der Waals surface area (Å²) in [6.07, 6.45) is 2.48. The molecule has 2 aliphatic heterocycles. The third-order valence-electron chi connectivity index (χ3n) is 3.51. The van der Waals surface area contributed by atoms with Gasteiger partial charge in [0.1, 0.15) is 0 Å². The van der Waals surface area contributed by atoms with E-state index in [0.717, 1.165) is 25.9 Å². The summed E-state index contributed by atoms with van der Waals surface area (Å²) < 4.78 is 0. The summed E-state index contributed by atoms with van der Waals surface area (Å²) in [4.78, 5) is 16.3. The topological polar surface area (TPSA) is 35.6 Å². The van der Waals surface area contributed by atoms with Gasteiger partial charge in [0.15, 0.2) is 0 Å². The van der Waals surface area contributed by atoms with Gasteiger partial charge in [-0.2, -0.15) is 11.8 Å². The summed E-state index contributed by atoms with van der Waals surface area (Å²) in [7, 11) is 0. The molecule has 17 heavy (non-hydrogen) atoms. The van der Waals surface area contributed by atoms with Crippen molar-refractivity contribution in [2.24, 2.45) is 0 Å². The lowest BCUT2D eigenvalue weighted by atomic mass is 10.2. The van der Waals surface area contributed by atoms with Crippen molar-refractivity contribution >= 4 is 17.7 Å². The molecule has 0 saturated carbocycles. The van der Waals surface area contributed by atoms with Crippen LogP contribution in [-0.2, 0) is 4.79 Å². The molecule has 2 rings (SSSR count). The van der Waals surface area contributed by atoms with E-state index in [0.29, 0.717) is 6.54 Å². The monoisotopic (exact) mass is 257 g/mol. The smallest absolute Gasteiger partial charge is 0.237 e. The normalized spacial score (nSPS) is 26.8. The number of rotatable bonds is 5. The van der Waals surface area contributed by atoms with E-state index >= 15 is 0 Å². The first kappa shape index (κ1) is 13.2. The Bertz CT molecular complexity index is 256. The van der Waals surface area contributed by atoms with Gasteiger partial charge in [-0.15, -0.1) is 0 Å². The third-order valence-corrected chi connectivity index (χ3v) is 4.45. The van der Waals surface area contributed by atoms with Gasteiger partial charge in [-0.1, -0.05) is 13.3 Å². The molecule has 0 bridgehead atoms. The molecular formula is C12H23N3OS. The molecule has 2 aliphatic rings. The predicted molar refractivity (Wildman–Crippen MR) is 72.2 cm³/mol. The second kappa shape index (κ2) is 6.61. The maximum atomic E-state index is 11.8. The van der Waals surface area contributed by atoms with Gasteiger partial charge in [0.05, 0.1) is 12.7 Å². The molecule has 5 heteroatoms. The zero-order valence-corrected chi connectivity index (χ0v) is 11.5. The average Bonchev–Trinajstić information content (AvgIpc) is 2.70. The summed E-state index contributed by atoms with van der Waals surface area (Å²) in [6.45, 7) is 6.98. The van der Waals surface area contributed by atoms with Crippen LogP contribution < -0.4 is 5.32 Å². The number of nitrogens with one attached hydrogen (secondary N) is 1. The molecule has 4 nitrogen and oxygen atoms in total. The lowest BCUT2D eigenvalue weighted by Gasteiger charge is -2.30. The van der Waals surface area contributed by atoms with Crippen molar-refractivity contribution in [1.29, 1.82) is 0 Å². The Kier molecular flexibility index (Phi) is 5.13. The largest absolute Gasteiger partial charge is 0.325 e. The zero-order valence-electron chi connectivity index (χ0n) is 10.7. The Balaban J connectivity index is 1.77. The fourth-order valence-corrected chi connectivity index (χ4v) is 3.46. The number of hydrogen-bond donors (Lipinski definition) is 1. The molecule has 2 heterocycles. The van der Waals surface area contributed by atoms with Crippen molar-refractivity contribution in [2.75, 3.05) is 44.2 Å². The second-order valence-corrected chi connectivity index (χ2v) is 5.95. The Labute approximate surface area is 108 Å². The van der Waals surface area contributed by atoms with E-state index in [1.807, 2.05) is 16.7 Å². The molecule has 2 fully saturated rings. The molecule has 1 unspecified atom stereocenters. The van der Waals surface area contributed by atoms with Gasteiger partial charge < -0.3 is 4.90 Å². The van der Waals surface area contributed by atoms with Crippen molar-refractivity contribution in [3.05, 3.63) is 0 Å². The lowest BCUT2D eigenvalue weighted by molar-refractivity contribution is -0.128. The van der Waals surface area contributed by atoms with E-state index in [1.165, 1.54) is 24.6 Å². The standard InChI is InChI=1S/C12H23N3OS/c1-2-3-11-13-10-12(16)15(11)5-4-14-6-8-17-9-7-14/h11,13H,2-10H2,1H3. The Morgan fingerprint density at radius 2 is 2.12 bits per heavy atom. The van der Waals surface area contributed by atoms with E-state index < -0.39 is 0 Å². The SMILES string of the molecule is CCCC1NCC(=O)N1CCN1CCSCC1. The Morgan fingerprint density at radius 1 is 1.35 bits per heavy atom. The van der Waals surface area contributed by atoms with Gasteiger partial charge in [0.25, 0.3) is 0 Å². The number of carbonyl (C=O) groups excluding carboxylic acids is 1. The van der Waals surface area contributed by atoms with Crippen LogP contribution in [0.5, 0.6) is 0 Å². The number of thioether (sulfide) groups is 1. The number of carbonyl (C=O) groups is 1. The summed E-state index contributed by atoms with van der Waals surface area (Å²) in [5, 5.41) is 3.30. The minimum Gasteiger partial charge on any atom is -0.325 e. The molecule has 0 radical (unpaired) electrons. The van der Waals surface area contributed by atoms with Crippen LogP contribution in [0, 0.1) is 0 Å². The molecule has 98 valence electrons. The first-order valence-electron chi connectivity index (χ1n) is 6.64. The maximum Gasteiger partial charge on any atom is 0.237 e. The number of amides is 1. The Morgan fingerprint density at radius 3 is 2.82 bits per heavy atom. The van der Waals surface area contributed by atoms with Crippen LogP contribution in [0.25, 0.3) is 0 Å².